The van der Waals surface area contributed by atoms with E-state index in [1.165, 1.54) is 0 Å². The van der Waals surface area contributed by atoms with E-state index in [0.717, 1.165) is 38.9 Å². The quantitative estimate of drug-likeness (QED) is 0.806. The molecule has 1 heterocycles. The molecular weight excluding hydrogens is 258 g/mol. The molecule has 0 bridgehead atoms. The Balaban J connectivity index is 1.81. The van der Waals surface area contributed by atoms with Crippen molar-refractivity contribution in [1.82, 2.24) is 15.1 Å². The summed E-state index contributed by atoms with van der Waals surface area (Å²) in [6, 6.07) is -0.213. The molecule has 0 unspecified atom stereocenters. The number of urea groups is 1. The number of carbonyl (C=O) groups is 2. The number of aliphatic carboxylic acids is 1. The van der Waals surface area contributed by atoms with Crippen molar-refractivity contribution in [2.24, 2.45) is 5.92 Å². The van der Waals surface area contributed by atoms with Crippen LogP contribution < -0.4 is 5.32 Å². The summed E-state index contributed by atoms with van der Waals surface area (Å²) in [7, 11) is 4.12. The molecule has 0 radical (unpaired) electrons. The number of carboxylic acids is 1. The van der Waals surface area contributed by atoms with Gasteiger partial charge in [-0.25, -0.2) is 9.59 Å². The summed E-state index contributed by atoms with van der Waals surface area (Å²) in [5, 5.41) is 12.0. The van der Waals surface area contributed by atoms with Gasteiger partial charge in [-0.05, 0) is 52.1 Å². The van der Waals surface area contributed by atoms with Gasteiger partial charge in [-0.2, -0.15) is 0 Å². The highest BCUT2D eigenvalue weighted by Gasteiger charge is 2.46. The van der Waals surface area contributed by atoms with Gasteiger partial charge in [0.25, 0.3) is 0 Å². The van der Waals surface area contributed by atoms with Gasteiger partial charge >= 0.3 is 12.0 Å². The fourth-order valence-electron chi connectivity index (χ4n) is 3.04. The van der Waals surface area contributed by atoms with Gasteiger partial charge in [-0.3, -0.25) is 0 Å². The molecule has 2 fully saturated rings. The third kappa shape index (κ3) is 3.23. The second-order valence-corrected chi connectivity index (χ2v) is 6.36. The highest BCUT2D eigenvalue weighted by Crippen LogP contribution is 2.32. The summed E-state index contributed by atoms with van der Waals surface area (Å²) in [6.07, 6.45) is 3.95. The topological polar surface area (TPSA) is 72.9 Å². The lowest BCUT2D eigenvalue weighted by molar-refractivity contribution is -0.148. The van der Waals surface area contributed by atoms with Crippen molar-refractivity contribution in [3.63, 3.8) is 0 Å². The summed E-state index contributed by atoms with van der Waals surface area (Å²) in [5.41, 5.74) is -1.00. The third-order valence-corrected chi connectivity index (χ3v) is 4.49. The Hall–Kier alpha value is -1.30. The van der Waals surface area contributed by atoms with Crippen molar-refractivity contribution in [1.29, 1.82) is 0 Å². The Labute approximate surface area is 120 Å². The molecule has 2 amide bonds. The van der Waals surface area contributed by atoms with Crippen LogP contribution in [0.15, 0.2) is 0 Å². The highest BCUT2D eigenvalue weighted by molar-refractivity contribution is 5.87. The Bertz CT molecular complexity index is 372. The molecule has 0 spiro atoms. The molecule has 0 aromatic rings. The van der Waals surface area contributed by atoms with Crippen LogP contribution in [0.3, 0.4) is 0 Å². The van der Waals surface area contributed by atoms with E-state index in [-0.39, 0.29) is 6.03 Å². The predicted molar refractivity (Wildman–Crippen MR) is 75.6 cm³/mol. The molecule has 6 heteroatoms. The van der Waals surface area contributed by atoms with Gasteiger partial charge in [0, 0.05) is 19.6 Å². The van der Waals surface area contributed by atoms with Crippen LogP contribution in [0.2, 0.25) is 0 Å². The third-order valence-electron chi connectivity index (χ3n) is 4.49. The van der Waals surface area contributed by atoms with Crippen LogP contribution in [-0.2, 0) is 4.79 Å². The van der Waals surface area contributed by atoms with Gasteiger partial charge in [0.1, 0.15) is 5.54 Å². The van der Waals surface area contributed by atoms with Gasteiger partial charge in [-0.1, -0.05) is 0 Å². The number of likely N-dealkylation sites (tertiary alicyclic amines) is 1. The van der Waals surface area contributed by atoms with Gasteiger partial charge in [0.05, 0.1) is 0 Å². The van der Waals surface area contributed by atoms with Crippen LogP contribution in [0.4, 0.5) is 4.79 Å². The van der Waals surface area contributed by atoms with Crippen molar-refractivity contribution >= 4 is 12.0 Å². The van der Waals surface area contributed by atoms with Crippen LogP contribution in [-0.4, -0.2) is 66.2 Å². The summed E-state index contributed by atoms with van der Waals surface area (Å²) >= 11 is 0. The first kappa shape index (κ1) is 15.1. The first-order valence-electron chi connectivity index (χ1n) is 7.38. The van der Waals surface area contributed by atoms with E-state index in [0.29, 0.717) is 18.8 Å². The zero-order valence-electron chi connectivity index (χ0n) is 12.4. The van der Waals surface area contributed by atoms with Crippen molar-refractivity contribution in [2.75, 3.05) is 33.7 Å². The van der Waals surface area contributed by atoms with Crippen molar-refractivity contribution in [2.45, 2.75) is 37.6 Å². The monoisotopic (exact) mass is 283 g/mol. The molecule has 20 heavy (non-hydrogen) atoms. The molecule has 0 aromatic carbocycles. The van der Waals surface area contributed by atoms with Gasteiger partial charge < -0.3 is 20.2 Å². The Kier molecular flexibility index (Phi) is 4.52. The fourth-order valence-corrected chi connectivity index (χ4v) is 3.04. The van der Waals surface area contributed by atoms with Gasteiger partial charge in [0.15, 0.2) is 0 Å². The SMILES string of the molecule is CN(C)CC1CCN(C(=O)NC2(C(=O)O)CCC2)CC1. The zero-order valence-corrected chi connectivity index (χ0v) is 12.4. The normalized spacial score (nSPS) is 22.4. The average Bonchev–Trinajstić information content (AvgIpc) is 2.33. The minimum absolute atomic E-state index is 0.213. The van der Waals surface area contributed by atoms with Crippen LogP contribution in [0, 0.1) is 5.92 Å². The number of hydrogen-bond donors (Lipinski definition) is 2. The molecule has 2 rings (SSSR count). The molecule has 1 aliphatic heterocycles. The number of hydrogen-bond acceptors (Lipinski definition) is 3. The van der Waals surface area contributed by atoms with Crippen molar-refractivity contribution in [3.05, 3.63) is 0 Å². The van der Waals surface area contributed by atoms with E-state index in [1.54, 1.807) is 4.90 Å². The van der Waals surface area contributed by atoms with Gasteiger partial charge in [0.2, 0.25) is 0 Å². The van der Waals surface area contributed by atoms with Crippen LogP contribution in [0.5, 0.6) is 0 Å². The highest BCUT2D eigenvalue weighted by atomic mass is 16.4. The molecule has 0 atom stereocenters. The van der Waals surface area contributed by atoms with E-state index in [4.69, 9.17) is 0 Å². The molecule has 1 saturated carbocycles. The predicted octanol–water partition coefficient (Wildman–Crippen LogP) is 0.977. The lowest BCUT2D eigenvalue weighted by Gasteiger charge is -2.41. The maximum atomic E-state index is 12.2. The number of carbonyl (C=O) groups excluding carboxylic acids is 1. The second-order valence-electron chi connectivity index (χ2n) is 6.36. The maximum absolute atomic E-state index is 12.2. The number of amides is 2. The summed E-state index contributed by atoms with van der Waals surface area (Å²) in [5.74, 6) is -0.272. The van der Waals surface area contributed by atoms with Crippen LogP contribution >= 0.6 is 0 Å². The maximum Gasteiger partial charge on any atom is 0.329 e. The smallest absolute Gasteiger partial charge is 0.329 e. The average molecular weight is 283 g/mol. The number of carboxylic acid groups (broad SMARTS) is 1. The second kappa shape index (κ2) is 5.99. The molecular formula is C14H25N3O3. The summed E-state index contributed by atoms with van der Waals surface area (Å²) in [6.45, 7) is 2.49. The number of rotatable bonds is 4. The van der Waals surface area contributed by atoms with E-state index < -0.39 is 11.5 Å². The Morgan fingerprint density at radius 1 is 1.30 bits per heavy atom. The lowest BCUT2D eigenvalue weighted by atomic mass is 9.77. The summed E-state index contributed by atoms with van der Waals surface area (Å²) < 4.78 is 0. The van der Waals surface area contributed by atoms with Crippen molar-refractivity contribution in [3.8, 4) is 0 Å². The Morgan fingerprint density at radius 3 is 2.30 bits per heavy atom. The molecule has 6 nitrogen and oxygen atoms in total. The molecule has 2 N–H and O–H groups in total. The minimum atomic E-state index is -1.00. The standard InChI is InChI=1S/C14H25N3O3/c1-16(2)10-11-4-8-17(9-5-11)13(20)15-14(12(18)19)6-3-7-14/h11H,3-10H2,1-2H3,(H,15,20)(H,18,19). The first-order chi connectivity index (χ1) is 9.43. The van der Waals surface area contributed by atoms with Crippen LogP contribution in [0.1, 0.15) is 32.1 Å². The zero-order chi connectivity index (χ0) is 14.8. The first-order valence-corrected chi connectivity index (χ1v) is 7.38. The number of nitrogens with one attached hydrogen (secondary N) is 1. The Morgan fingerprint density at radius 2 is 1.90 bits per heavy atom. The van der Waals surface area contributed by atoms with E-state index >= 15 is 0 Å². The minimum Gasteiger partial charge on any atom is -0.480 e. The number of nitrogens with zero attached hydrogens (tertiary/aromatic N) is 2. The lowest BCUT2D eigenvalue weighted by Crippen LogP contribution is -2.62. The molecule has 114 valence electrons. The van der Waals surface area contributed by atoms with Gasteiger partial charge in [-0.15, -0.1) is 0 Å². The molecule has 1 aliphatic carbocycles. The number of piperidine rings is 1. The largest absolute Gasteiger partial charge is 0.480 e. The van der Waals surface area contributed by atoms with E-state index in [9.17, 15) is 14.7 Å². The van der Waals surface area contributed by atoms with E-state index in [1.807, 2.05) is 0 Å². The van der Waals surface area contributed by atoms with E-state index in [2.05, 4.69) is 24.3 Å². The molecule has 0 aromatic heterocycles. The molecule has 2 aliphatic rings. The van der Waals surface area contributed by atoms with Crippen molar-refractivity contribution < 1.29 is 14.7 Å². The van der Waals surface area contributed by atoms with Crippen LogP contribution in [0.25, 0.3) is 0 Å². The summed E-state index contributed by atoms with van der Waals surface area (Å²) in [4.78, 5) is 27.4. The molecule has 1 saturated heterocycles. The fraction of sp³-hybridized carbons (Fsp3) is 0.857.